The fourth-order valence-electron chi connectivity index (χ4n) is 1.39. The maximum atomic E-state index is 11.2. The smallest absolute Gasteiger partial charge is 0.239 e. The minimum absolute atomic E-state index is 0.345. The van der Waals surface area contributed by atoms with Crippen LogP contribution < -0.4 is 11.1 Å². The van der Waals surface area contributed by atoms with Crippen LogP contribution in [-0.4, -0.2) is 11.9 Å². The number of hydrogen-bond acceptors (Lipinski definition) is 2. The van der Waals surface area contributed by atoms with E-state index in [9.17, 15) is 4.79 Å². The quantitative estimate of drug-likeness (QED) is 0.876. The molecule has 0 fully saturated rings. The van der Waals surface area contributed by atoms with Crippen LogP contribution in [0.4, 0.5) is 5.69 Å². The Balaban J connectivity index is 3.01. The number of nitrogens with two attached hydrogens (primary N) is 1. The van der Waals surface area contributed by atoms with Gasteiger partial charge in [0.2, 0.25) is 5.91 Å². The lowest BCUT2D eigenvalue weighted by Gasteiger charge is -2.17. The lowest BCUT2D eigenvalue weighted by molar-refractivity contribution is -0.118. The summed E-state index contributed by atoms with van der Waals surface area (Å²) in [6, 6.07) is 3.62. The molecular weight excluding hydrogens is 336 g/mol. The van der Waals surface area contributed by atoms with Crippen molar-refractivity contribution >= 4 is 43.5 Å². The molecule has 0 spiro atoms. The second-order valence-corrected chi connectivity index (χ2v) is 5.32. The molecule has 1 rings (SSSR count). The average Bonchev–Trinajstić information content (AvgIpc) is 2.15. The number of carbonyl (C=O) groups excluding carboxylic acids is 1. The summed E-state index contributed by atoms with van der Waals surface area (Å²) in [5.74, 6) is -0.345. The predicted octanol–water partition coefficient (Wildman–Crippen LogP) is 3.20. The molecule has 3 nitrogen and oxygen atoms in total. The van der Waals surface area contributed by atoms with Crippen molar-refractivity contribution in [3.8, 4) is 0 Å². The van der Waals surface area contributed by atoms with E-state index in [0.717, 1.165) is 20.2 Å². The Morgan fingerprint density at radius 2 is 1.94 bits per heavy atom. The van der Waals surface area contributed by atoms with Gasteiger partial charge in [-0.15, -0.1) is 0 Å². The number of amides is 1. The summed E-state index contributed by atoms with van der Waals surface area (Å²) < 4.78 is 1.83. The van der Waals surface area contributed by atoms with Gasteiger partial charge in [0.15, 0.2) is 0 Å². The Hall–Kier alpha value is -0.550. The van der Waals surface area contributed by atoms with Crippen molar-refractivity contribution in [1.82, 2.24) is 0 Å². The molecule has 1 amide bonds. The number of hydrogen-bond donors (Lipinski definition) is 2. The molecule has 3 N–H and O–H groups in total. The standard InChI is InChI=1S/C11H14Br2N2O/c1-3-9(11(14)16)15-10-7(12)4-6(2)5-8(10)13/h4-5,9,15H,3H2,1-2H3,(H2,14,16). The Bertz CT molecular complexity index is 384. The number of halogens is 2. The lowest BCUT2D eigenvalue weighted by Crippen LogP contribution is -2.34. The molecule has 5 heteroatoms. The molecule has 0 radical (unpaired) electrons. The van der Waals surface area contributed by atoms with E-state index in [4.69, 9.17) is 5.73 Å². The predicted molar refractivity (Wildman–Crippen MR) is 73.5 cm³/mol. The van der Waals surface area contributed by atoms with Gasteiger partial charge < -0.3 is 11.1 Å². The molecule has 0 heterocycles. The van der Waals surface area contributed by atoms with Crippen LogP contribution in [0.1, 0.15) is 18.9 Å². The zero-order chi connectivity index (χ0) is 12.3. The van der Waals surface area contributed by atoms with Gasteiger partial charge in [0, 0.05) is 8.95 Å². The Morgan fingerprint density at radius 3 is 2.31 bits per heavy atom. The fraction of sp³-hybridized carbons (Fsp3) is 0.364. The molecule has 1 atom stereocenters. The number of rotatable bonds is 4. The highest BCUT2D eigenvalue weighted by atomic mass is 79.9. The number of nitrogens with one attached hydrogen (secondary N) is 1. The maximum absolute atomic E-state index is 11.2. The summed E-state index contributed by atoms with van der Waals surface area (Å²) in [4.78, 5) is 11.2. The Kier molecular flexibility index (Phi) is 4.80. The van der Waals surface area contributed by atoms with Gasteiger partial charge in [-0.25, -0.2) is 0 Å². The average molecular weight is 350 g/mol. The third kappa shape index (κ3) is 3.22. The Morgan fingerprint density at radius 1 is 1.44 bits per heavy atom. The lowest BCUT2D eigenvalue weighted by atomic mass is 10.2. The van der Waals surface area contributed by atoms with Gasteiger partial charge in [0.1, 0.15) is 6.04 Å². The molecule has 1 unspecified atom stereocenters. The topological polar surface area (TPSA) is 55.1 Å². The van der Waals surface area contributed by atoms with Gasteiger partial charge in [-0.3, -0.25) is 4.79 Å². The summed E-state index contributed by atoms with van der Waals surface area (Å²) in [6.45, 7) is 3.92. The maximum Gasteiger partial charge on any atom is 0.239 e. The highest BCUT2D eigenvalue weighted by Gasteiger charge is 2.15. The second-order valence-electron chi connectivity index (χ2n) is 3.61. The molecule has 88 valence electrons. The van der Waals surface area contributed by atoms with E-state index in [-0.39, 0.29) is 11.9 Å². The van der Waals surface area contributed by atoms with E-state index < -0.39 is 0 Å². The molecule has 16 heavy (non-hydrogen) atoms. The van der Waals surface area contributed by atoms with Crippen LogP contribution in [0.2, 0.25) is 0 Å². The largest absolute Gasteiger partial charge is 0.372 e. The summed E-state index contributed by atoms with van der Waals surface area (Å²) in [7, 11) is 0. The summed E-state index contributed by atoms with van der Waals surface area (Å²) in [6.07, 6.45) is 0.655. The van der Waals surface area contributed by atoms with Crippen molar-refractivity contribution in [2.45, 2.75) is 26.3 Å². The van der Waals surface area contributed by atoms with Crippen molar-refractivity contribution in [3.63, 3.8) is 0 Å². The molecule has 0 bridgehead atoms. The molecule has 0 saturated heterocycles. The van der Waals surface area contributed by atoms with Gasteiger partial charge >= 0.3 is 0 Å². The van der Waals surface area contributed by atoms with Crippen LogP contribution in [0.15, 0.2) is 21.1 Å². The molecule has 1 aromatic carbocycles. The first-order valence-electron chi connectivity index (χ1n) is 4.97. The molecular formula is C11H14Br2N2O. The van der Waals surface area contributed by atoms with E-state index in [1.54, 1.807) is 0 Å². The van der Waals surface area contributed by atoms with E-state index >= 15 is 0 Å². The first-order valence-corrected chi connectivity index (χ1v) is 6.55. The van der Waals surface area contributed by atoms with Crippen molar-refractivity contribution in [2.24, 2.45) is 5.73 Å². The number of aryl methyl sites for hydroxylation is 1. The van der Waals surface area contributed by atoms with Crippen molar-refractivity contribution in [3.05, 3.63) is 26.6 Å². The monoisotopic (exact) mass is 348 g/mol. The third-order valence-electron chi connectivity index (χ3n) is 2.26. The molecule has 0 aliphatic carbocycles. The highest BCUT2D eigenvalue weighted by Crippen LogP contribution is 2.32. The first kappa shape index (κ1) is 13.5. The van der Waals surface area contributed by atoms with Gasteiger partial charge in [-0.2, -0.15) is 0 Å². The van der Waals surface area contributed by atoms with E-state index in [2.05, 4.69) is 37.2 Å². The van der Waals surface area contributed by atoms with E-state index in [0.29, 0.717) is 6.42 Å². The molecule has 0 aromatic heterocycles. The van der Waals surface area contributed by atoms with Crippen molar-refractivity contribution < 1.29 is 4.79 Å². The minimum Gasteiger partial charge on any atom is -0.372 e. The third-order valence-corrected chi connectivity index (χ3v) is 3.51. The van der Waals surface area contributed by atoms with E-state index in [1.165, 1.54) is 0 Å². The zero-order valence-electron chi connectivity index (χ0n) is 9.18. The van der Waals surface area contributed by atoms with Crippen LogP contribution in [0.5, 0.6) is 0 Å². The van der Waals surface area contributed by atoms with E-state index in [1.807, 2.05) is 26.0 Å². The minimum atomic E-state index is -0.352. The number of benzene rings is 1. The molecule has 0 aliphatic rings. The second kappa shape index (κ2) is 5.68. The van der Waals surface area contributed by atoms with Crippen molar-refractivity contribution in [1.29, 1.82) is 0 Å². The van der Waals surface area contributed by atoms with Gasteiger partial charge in [0.25, 0.3) is 0 Å². The number of primary amides is 1. The molecule has 1 aromatic rings. The van der Waals surface area contributed by atoms with Crippen LogP contribution in [-0.2, 0) is 4.79 Å². The normalized spacial score (nSPS) is 12.2. The summed E-state index contributed by atoms with van der Waals surface area (Å²) >= 11 is 6.92. The van der Waals surface area contributed by atoms with Gasteiger partial charge in [0.05, 0.1) is 5.69 Å². The Labute approximate surface area is 112 Å². The number of carbonyl (C=O) groups is 1. The first-order chi connectivity index (χ1) is 7.45. The van der Waals surface area contributed by atoms with Gasteiger partial charge in [-0.1, -0.05) is 6.92 Å². The van der Waals surface area contributed by atoms with Crippen LogP contribution in [0.25, 0.3) is 0 Å². The fourth-order valence-corrected chi connectivity index (χ4v) is 3.03. The van der Waals surface area contributed by atoms with Crippen molar-refractivity contribution in [2.75, 3.05) is 5.32 Å². The van der Waals surface area contributed by atoms with Crippen LogP contribution >= 0.6 is 31.9 Å². The zero-order valence-corrected chi connectivity index (χ0v) is 12.4. The van der Waals surface area contributed by atoms with Gasteiger partial charge in [-0.05, 0) is 62.9 Å². The molecule has 0 aliphatic heterocycles. The summed E-state index contributed by atoms with van der Waals surface area (Å²) in [5, 5.41) is 3.12. The number of anilines is 1. The SMILES string of the molecule is CCC(Nc1c(Br)cc(C)cc1Br)C(N)=O. The van der Waals surface area contributed by atoms with Crippen LogP contribution in [0, 0.1) is 6.92 Å². The van der Waals surface area contributed by atoms with Crippen LogP contribution in [0.3, 0.4) is 0 Å². The highest BCUT2D eigenvalue weighted by molar-refractivity contribution is 9.11. The summed E-state index contributed by atoms with van der Waals surface area (Å²) in [5.41, 5.74) is 7.29. The molecule has 0 saturated carbocycles.